The minimum atomic E-state index is -0.363. The fraction of sp³-hybridized carbons (Fsp3) is 0.278. The van der Waals surface area contributed by atoms with Crippen LogP contribution in [0.1, 0.15) is 15.9 Å². The summed E-state index contributed by atoms with van der Waals surface area (Å²) in [5, 5.41) is 0. The Morgan fingerprint density at radius 2 is 2.04 bits per heavy atom. The van der Waals surface area contributed by atoms with Gasteiger partial charge in [0.2, 0.25) is 0 Å². The van der Waals surface area contributed by atoms with Gasteiger partial charge in [-0.1, -0.05) is 18.2 Å². The number of hydrogen-bond acceptors (Lipinski definition) is 5. The molecular formula is C18H19NO4. The lowest BCUT2D eigenvalue weighted by Gasteiger charge is -2.31. The summed E-state index contributed by atoms with van der Waals surface area (Å²) in [5.74, 6) is 1.21. The molecule has 2 aromatic rings. The summed E-state index contributed by atoms with van der Waals surface area (Å²) in [7, 11) is 3.05. The van der Waals surface area contributed by atoms with E-state index in [0.29, 0.717) is 17.9 Å². The Balaban J connectivity index is 1.88. The molecule has 23 heavy (non-hydrogen) atoms. The van der Waals surface area contributed by atoms with Crippen molar-refractivity contribution in [1.82, 2.24) is 0 Å². The molecule has 0 fully saturated rings. The Morgan fingerprint density at radius 1 is 1.22 bits per heavy atom. The second-order valence-electron chi connectivity index (χ2n) is 5.26. The van der Waals surface area contributed by atoms with E-state index in [1.165, 1.54) is 7.11 Å². The van der Waals surface area contributed by atoms with E-state index in [2.05, 4.69) is 11.0 Å². The van der Waals surface area contributed by atoms with Crippen molar-refractivity contribution in [3.63, 3.8) is 0 Å². The average molecular weight is 313 g/mol. The number of rotatable bonds is 4. The van der Waals surface area contributed by atoms with E-state index in [4.69, 9.17) is 14.2 Å². The lowest BCUT2D eigenvalue weighted by atomic mass is 10.1. The molecule has 5 nitrogen and oxygen atoms in total. The Hall–Kier alpha value is -2.69. The standard InChI is InChI=1S/C18H19NO4/c1-21-16-6-4-3-5-14(16)12-19-9-10-23-17-11-13(18(20)22-2)7-8-15(17)19/h3-8,11H,9-10,12H2,1-2H3. The first-order valence-corrected chi connectivity index (χ1v) is 7.45. The van der Waals surface area contributed by atoms with Crippen LogP contribution in [0.4, 0.5) is 5.69 Å². The van der Waals surface area contributed by atoms with E-state index >= 15 is 0 Å². The van der Waals surface area contributed by atoms with Crippen LogP contribution in [-0.2, 0) is 11.3 Å². The molecule has 1 aliphatic rings. The lowest BCUT2D eigenvalue weighted by molar-refractivity contribution is 0.0600. The number of carbonyl (C=O) groups is 1. The Labute approximate surface area is 135 Å². The zero-order valence-electron chi connectivity index (χ0n) is 13.2. The SMILES string of the molecule is COC(=O)c1ccc2c(c1)OCCN2Cc1ccccc1OC. The van der Waals surface area contributed by atoms with Crippen molar-refractivity contribution in [2.75, 3.05) is 32.3 Å². The van der Waals surface area contributed by atoms with Crippen LogP contribution >= 0.6 is 0 Å². The van der Waals surface area contributed by atoms with Crippen molar-refractivity contribution in [3.05, 3.63) is 53.6 Å². The van der Waals surface area contributed by atoms with E-state index < -0.39 is 0 Å². The first-order valence-electron chi connectivity index (χ1n) is 7.45. The van der Waals surface area contributed by atoms with Crippen molar-refractivity contribution in [2.24, 2.45) is 0 Å². The van der Waals surface area contributed by atoms with Crippen LogP contribution in [0, 0.1) is 0 Å². The normalized spacial score (nSPS) is 13.0. The van der Waals surface area contributed by atoms with E-state index in [1.807, 2.05) is 24.3 Å². The largest absolute Gasteiger partial charge is 0.496 e. The fourth-order valence-corrected chi connectivity index (χ4v) is 2.73. The number of carbonyl (C=O) groups excluding carboxylic acids is 1. The number of anilines is 1. The van der Waals surface area contributed by atoms with Crippen molar-refractivity contribution < 1.29 is 19.0 Å². The van der Waals surface area contributed by atoms with Gasteiger partial charge < -0.3 is 19.1 Å². The highest BCUT2D eigenvalue weighted by Gasteiger charge is 2.21. The van der Waals surface area contributed by atoms with Gasteiger partial charge in [0, 0.05) is 12.1 Å². The maximum absolute atomic E-state index is 11.6. The Bertz CT molecular complexity index is 714. The molecule has 5 heteroatoms. The third kappa shape index (κ3) is 3.08. The highest BCUT2D eigenvalue weighted by molar-refractivity contribution is 5.90. The first-order chi connectivity index (χ1) is 11.2. The molecule has 0 bridgehead atoms. The Kier molecular flexibility index (Phi) is 4.37. The van der Waals surface area contributed by atoms with Gasteiger partial charge in [-0.2, -0.15) is 0 Å². The molecule has 0 atom stereocenters. The molecule has 1 aliphatic heterocycles. The van der Waals surface area contributed by atoms with Crippen LogP contribution in [0.5, 0.6) is 11.5 Å². The van der Waals surface area contributed by atoms with E-state index in [-0.39, 0.29) is 5.97 Å². The maximum Gasteiger partial charge on any atom is 0.337 e. The molecule has 0 aromatic heterocycles. The molecule has 1 heterocycles. The molecule has 3 rings (SSSR count). The minimum absolute atomic E-state index is 0.363. The smallest absolute Gasteiger partial charge is 0.337 e. The van der Waals surface area contributed by atoms with Crippen LogP contribution in [0.15, 0.2) is 42.5 Å². The van der Waals surface area contributed by atoms with Gasteiger partial charge >= 0.3 is 5.97 Å². The van der Waals surface area contributed by atoms with Crippen LogP contribution in [0.3, 0.4) is 0 Å². The molecule has 0 saturated heterocycles. The summed E-state index contributed by atoms with van der Waals surface area (Å²) in [5.41, 5.74) is 2.57. The van der Waals surface area contributed by atoms with E-state index in [1.54, 1.807) is 19.2 Å². The number of para-hydroxylation sites is 1. The molecule has 0 N–H and O–H groups in total. The van der Waals surface area contributed by atoms with Crippen LogP contribution < -0.4 is 14.4 Å². The number of esters is 1. The molecule has 120 valence electrons. The number of benzene rings is 2. The summed E-state index contributed by atoms with van der Waals surface area (Å²) in [6.45, 7) is 2.08. The Morgan fingerprint density at radius 3 is 2.83 bits per heavy atom. The molecule has 0 unspecified atom stereocenters. The van der Waals surface area contributed by atoms with Crippen LogP contribution in [0.25, 0.3) is 0 Å². The second kappa shape index (κ2) is 6.60. The van der Waals surface area contributed by atoms with Gasteiger partial charge in [0.05, 0.1) is 32.0 Å². The van der Waals surface area contributed by atoms with Crippen LogP contribution in [-0.4, -0.2) is 33.3 Å². The fourth-order valence-electron chi connectivity index (χ4n) is 2.73. The van der Waals surface area contributed by atoms with Crippen molar-refractivity contribution in [1.29, 1.82) is 0 Å². The van der Waals surface area contributed by atoms with Gasteiger partial charge in [-0.3, -0.25) is 0 Å². The predicted molar refractivity (Wildman–Crippen MR) is 87.3 cm³/mol. The zero-order chi connectivity index (χ0) is 16.2. The number of hydrogen-bond donors (Lipinski definition) is 0. The highest BCUT2D eigenvalue weighted by atomic mass is 16.5. The van der Waals surface area contributed by atoms with Crippen LogP contribution in [0.2, 0.25) is 0 Å². The summed E-state index contributed by atoms with van der Waals surface area (Å²) >= 11 is 0. The second-order valence-corrected chi connectivity index (χ2v) is 5.26. The molecular weight excluding hydrogens is 294 g/mol. The topological polar surface area (TPSA) is 48.0 Å². The predicted octanol–water partition coefficient (Wildman–Crippen LogP) is 2.88. The van der Waals surface area contributed by atoms with Gasteiger partial charge in [-0.05, 0) is 24.3 Å². The molecule has 0 amide bonds. The third-order valence-electron chi connectivity index (χ3n) is 3.89. The molecule has 0 spiro atoms. The molecule has 0 aliphatic carbocycles. The van der Waals surface area contributed by atoms with Crippen molar-refractivity contribution in [2.45, 2.75) is 6.54 Å². The molecule has 0 radical (unpaired) electrons. The van der Waals surface area contributed by atoms with E-state index in [0.717, 1.165) is 30.1 Å². The van der Waals surface area contributed by atoms with Gasteiger partial charge in [-0.25, -0.2) is 4.79 Å². The quantitative estimate of drug-likeness (QED) is 0.812. The van der Waals surface area contributed by atoms with Gasteiger partial charge in [0.25, 0.3) is 0 Å². The van der Waals surface area contributed by atoms with E-state index in [9.17, 15) is 4.79 Å². The average Bonchev–Trinajstić information content (AvgIpc) is 2.61. The lowest BCUT2D eigenvalue weighted by Crippen LogP contribution is -2.32. The zero-order valence-corrected chi connectivity index (χ0v) is 13.2. The van der Waals surface area contributed by atoms with Crippen molar-refractivity contribution >= 4 is 11.7 Å². The summed E-state index contributed by atoms with van der Waals surface area (Å²) in [6, 6.07) is 13.4. The monoisotopic (exact) mass is 313 g/mol. The van der Waals surface area contributed by atoms with Gasteiger partial charge in [0.15, 0.2) is 0 Å². The summed E-state index contributed by atoms with van der Waals surface area (Å²) < 4.78 is 15.9. The maximum atomic E-state index is 11.6. The highest BCUT2D eigenvalue weighted by Crippen LogP contribution is 2.34. The number of ether oxygens (including phenoxy) is 3. The number of fused-ring (bicyclic) bond motifs is 1. The molecule has 2 aromatic carbocycles. The van der Waals surface area contributed by atoms with Gasteiger partial charge in [-0.15, -0.1) is 0 Å². The minimum Gasteiger partial charge on any atom is -0.496 e. The number of methoxy groups -OCH3 is 2. The van der Waals surface area contributed by atoms with Crippen molar-refractivity contribution in [3.8, 4) is 11.5 Å². The first kappa shape index (κ1) is 15.2. The van der Waals surface area contributed by atoms with Gasteiger partial charge in [0.1, 0.15) is 18.1 Å². The third-order valence-corrected chi connectivity index (χ3v) is 3.89. The molecule has 0 saturated carbocycles. The summed E-state index contributed by atoms with van der Waals surface area (Å²) in [6.07, 6.45) is 0. The summed E-state index contributed by atoms with van der Waals surface area (Å²) in [4.78, 5) is 13.9. The number of nitrogens with zero attached hydrogens (tertiary/aromatic N) is 1.